The Balaban J connectivity index is 1.41. The number of anilines is 1. The molecular weight excluding hydrogens is 330 g/mol. The molecular formula is C21H25NO4. The second-order valence-electron chi connectivity index (χ2n) is 6.30. The third-order valence-electron chi connectivity index (χ3n) is 4.30. The minimum Gasteiger partial charge on any atom is -0.491 e. The summed E-state index contributed by atoms with van der Waals surface area (Å²) in [5.41, 5.74) is 1.95. The van der Waals surface area contributed by atoms with Crippen LogP contribution in [0.15, 0.2) is 48.5 Å². The van der Waals surface area contributed by atoms with Gasteiger partial charge in [0.1, 0.15) is 18.1 Å². The molecule has 1 saturated heterocycles. The summed E-state index contributed by atoms with van der Waals surface area (Å²) < 4.78 is 16.8. The van der Waals surface area contributed by atoms with Gasteiger partial charge in [-0.05, 0) is 61.2 Å². The number of rotatable bonds is 8. The average molecular weight is 355 g/mol. The van der Waals surface area contributed by atoms with Crippen LogP contribution in [-0.2, 0) is 16.0 Å². The van der Waals surface area contributed by atoms with Crippen LogP contribution < -0.4 is 14.8 Å². The second kappa shape index (κ2) is 9.25. The molecule has 0 radical (unpaired) electrons. The molecule has 3 rings (SSSR count). The van der Waals surface area contributed by atoms with Crippen LogP contribution in [0.5, 0.6) is 11.5 Å². The summed E-state index contributed by atoms with van der Waals surface area (Å²) in [6.45, 7) is 3.46. The molecule has 1 aliphatic heterocycles. The van der Waals surface area contributed by atoms with E-state index in [2.05, 4.69) is 12.2 Å². The molecule has 5 heteroatoms. The number of carbonyl (C=O) groups excluding carboxylic acids is 1. The van der Waals surface area contributed by atoms with Crippen LogP contribution in [0.25, 0.3) is 0 Å². The van der Waals surface area contributed by atoms with E-state index in [1.54, 1.807) is 0 Å². The Morgan fingerprint density at radius 2 is 1.77 bits per heavy atom. The molecule has 2 aromatic rings. The van der Waals surface area contributed by atoms with E-state index in [1.165, 1.54) is 5.56 Å². The number of benzene rings is 2. The first-order valence-corrected chi connectivity index (χ1v) is 9.09. The van der Waals surface area contributed by atoms with Crippen molar-refractivity contribution in [2.24, 2.45) is 0 Å². The highest BCUT2D eigenvalue weighted by Crippen LogP contribution is 2.18. The Morgan fingerprint density at radius 3 is 2.42 bits per heavy atom. The molecule has 1 amide bonds. The van der Waals surface area contributed by atoms with E-state index in [4.69, 9.17) is 14.2 Å². The molecule has 1 N–H and O–H groups in total. The van der Waals surface area contributed by atoms with Crippen LogP contribution in [0.2, 0.25) is 0 Å². The fourth-order valence-corrected chi connectivity index (χ4v) is 2.77. The Hall–Kier alpha value is -2.53. The second-order valence-corrected chi connectivity index (χ2v) is 6.30. The van der Waals surface area contributed by atoms with Crippen molar-refractivity contribution < 1.29 is 19.0 Å². The Morgan fingerprint density at radius 1 is 1.08 bits per heavy atom. The minimum absolute atomic E-state index is 0.0251. The van der Waals surface area contributed by atoms with Crippen molar-refractivity contribution in [2.75, 3.05) is 25.1 Å². The third kappa shape index (κ3) is 5.49. The lowest BCUT2D eigenvalue weighted by molar-refractivity contribution is -0.118. The lowest BCUT2D eigenvalue weighted by Gasteiger charge is -2.12. The van der Waals surface area contributed by atoms with Crippen molar-refractivity contribution in [1.29, 1.82) is 0 Å². The molecule has 0 saturated carbocycles. The Bertz CT molecular complexity index is 691. The molecule has 0 aromatic heterocycles. The van der Waals surface area contributed by atoms with Gasteiger partial charge in [0.05, 0.1) is 6.10 Å². The van der Waals surface area contributed by atoms with Crippen LogP contribution >= 0.6 is 0 Å². The zero-order valence-electron chi connectivity index (χ0n) is 15.1. The lowest BCUT2D eigenvalue weighted by Crippen LogP contribution is -2.20. The van der Waals surface area contributed by atoms with E-state index in [0.29, 0.717) is 18.0 Å². The smallest absolute Gasteiger partial charge is 0.262 e. The van der Waals surface area contributed by atoms with Crippen molar-refractivity contribution in [3.05, 3.63) is 54.1 Å². The summed E-state index contributed by atoms with van der Waals surface area (Å²) in [7, 11) is 0. The normalized spacial score (nSPS) is 16.3. The van der Waals surface area contributed by atoms with E-state index in [-0.39, 0.29) is 18.6 Å². The maximum atomic E-state index is 12.0. The van der Waals surface area contributed by atoms with Crippen molar-refractivity contribution in [3.63, 3.8) is 0 Å². The van der Waals surface area contributed by atoms with Crippen LogP contribution in [0.1, 0.15) is 25.3 Å². The fraction of sp³-hybridized carbons (Fsp3) is 0.381. The van der Waals surface area contributed by atoms with E-state index in [0.717, 1.165) is 31.6 Å². The van der Waals surface area contributed by atoms with Gasteiger partial charge in [-0.15, -0.1) is 0 Å². The SMILES string of the molecule is CCc1ccc(OCC(=O)Nc2ccc(OC[C@@H]3CCCO3)cc2)cc1. The first kappa shape index (κ1) is 18.3. The van der Waals surface area contributed by atoms with Gasteiger partial charge in [0.25, 0.3) is 5.91 Å². The number of aryl methyl sites for hydroxylation is 1. The quantitative estimate of drug-likeness (QED) is 0.782. The van der Waals surface area contributed by atoms with E-state index in [9.17, 15) is 4.79 Å². The summed E-state index contributed by atoms with van der Waals surface area (Å²) in [5, 5.41) is 2.81. The van der Waals surface area contributed by atoms with Gasteiger partial charge in [0.15, 0.2) is 6.61 Å². The molecule has 26 heavy (non-hydrogen) atoms. The summed E-state index contributed by atoms with van der Waals surface area (Å²) in [5.74, 6) is 1.26. The van der Waals surface area contributed by atoms with Crippen molar-refractivity contribution >= 4 is 11.6 Å². The fourth-order valence-electron chi connectivity index (χ4n) is 2.77. The Labute approximate surface area is 154 Å². The highest BCUT2D eigenvalue weighted by Gasteiger charge is 2.15. The van der Waals surface area contributed by atoms with Crippen molar-refractivity contribution in [2.45, 2.75) is 32.3 Å². The van der Waals surface area contributed by atoms with Crippen LogP contribution in [0.3, 0.4) is 0 Å². The highest BCUT2D eigenvalue weighted by molar-refractivity contribution is 5.91. The van der Waals surface area contributed by atoms with Gasteiger partial charge in [-0.1, -0.05) is 19.1 Å². The van der Waals surface area contributed by atoms with E-state index >= 15 is 0 Å². The molecule has 0 unspecified atom stereocenters. The van der Waals surface area contributed by atoms with Crippen LogP contribution in [0, 0.1) is 0 Å². The van der Waals surface area contributed by atoms with Gasteiger partial charge < -0.3 is 19.5 Å². The molecule has 1 heterocycles. The zero-order valence-corrected chi connectivity index (χ0v) is 15.1. The molecule has 1 aliphatic rings. The number of carbonyl (C=O) groups is 1. The maximum absolute atomic E-state index is 12.0. The molecule has 2 aromatic carbocycles. The summed E-state index contributed by atoms with van der Waals surface area (Å²) >= 11 is 0. The molecule has 1 fully saturated rings. The van der Waals surface area contributed by atoms with Gasteiger partial charge >= 0.3 is 0 Å². The van der Waals surface area contributed by atoms with Gasteiger partial charge in [-0.2, -0.15) is 0 Å². The van der Waals surface area contributed by atoms with Gasteiger partial charge in [-0.25, -0.2) is 0 Å². The summed E-state index contributed by atoms with van der Waals surface area (Å²) in [6, 6.07) is 15.1. The molecule has 0 aliphatic carbocycles. The monoisotopic (exact) mass is 355 g/mol. The molecule has 0 bridgehead atoms. The highest BCUT2D eigenvalue weighted by atomic mass is 16.5. The number of hydrogen-bond acceptors (Lipinski definition) is 4. The summed E-state index contributed by atoms with van der Waals surface area (Å²) in [4.78, 5) is 12.0. The number of amides is 1. The maximum Gasteiger partial charge on any atom is 0.262 e. The molecule has 1 atom stereocenters. The van der Waals surface area contributed by atoms with Gasteiger partial charge in [0, 0.05) is 12.3 Å². The number of nitrogens with one attached hydrogen (secondary N) is 1. The van der Waals surface area contributed by atoms with Crippen molar-refractivity contribution in [3.8, 4) is 11.5 Å². The predicted molar refractivity (Wildman–Crippen MR) is 101 cm³/mol. The molecule has 0 spiro atoms. The molecule has 138 valence electrons. The minimum atomic E-state index is -0.197. The first-order chi connectivity index (χ1) is 12.7. The van der Waals surface area contributed by atoms with Gasteiger partial charge in [0.2, 0.25) is 0 Å². The largest absolute Gasteiger partial charge is 0.491 e. The van der Waals surface area contributed by atoms with Crippen molar-refractivity contribution in [1.82, 2.24) is 0 Å². The first-order valence-electron chi connectivity index (χ1n) is 9.09. The topological polar surface area (TPSA) is 56.8 Å². The zero-order chi connectivity index (χ0) is 18.2. The van der Waals surface area contributed by atoms with Crippen LogP contribution in [0.4, 0.5) is 5.69 Å². The lowest BCUT2D eigenvalue weighted by atomic mass is 10.2. The third-order valence-corrected chi connectivity index (χ3v) is 4.30. The predicted octanol–water partition coefficient (Wildman–Crippen LogP) is 3.82. The van der Waals surface area contributed by atoms with E-state index in [1.807, 2.05) is 48.5 Å². The number of ether oxygens (including phenoxy) is 3. The van der Waals surface area contributed by atoms with E-state index < -0.39 is 0 Å². The van der Waals surface area contributed by atoms with Gasteiger partial charge in [-0.3, -0.25) is 4.79 Å². The molecule has 5 nitrogen and oxygen atoms in total. The average Bonchev–Trinajstić information content (AvgIpc) is 3.20. The van der Waals surface area contributed by atoms with Crippen LogP contribution in [-0.4, -0.2) is 31.8 Å². The Kier molecular flexibility index (Phi) is 6.50. The standard InChI is InChI=1S/C21H25NO4/c1-2-16-5-9-18(10-6-16)26-15-21(23)22-17-7-11-19(12-8-17)25-14-20-4-3-13-24-20/h5-12,20H,2-4,13-15H2,1H3,(H,22,23)/t20-/m0/s1. The summed E-state index contributed by atoms with van der Waals surface area (Å²) in [6.07, 6.45) is 3.32. The number of hydrogen-bond donors (Lipinski definition) is 1.